The predicted octanol–water partition coefficient (Wildman–Crippen LogP) is 34.6. The van der Waals surface area contributed by atoms with Crippen LogP contribution in [0.4, 0.5) is 0 Å². The molecule has 680 valence electrons. The molecule has 29 rings (SSSR count). The van der Waals surface area contributed by atoms with Gasteiger partial charge in [-0.3, -0.25) is 0 Å². The third-order valence-corrected chi connectivity index (χ3v) is 28.2. The Bertz CT molecular complexity index is 10000. The average molecular weight is 1860 g/mol. The minimum Gasteiger partial charge on any atom is -0.456 e. The molecule has 0 aliphatic heterocycles. The number of nitrogens with zero attached hydrogens (tertiary/aromatic N) is 9. The molecule has 0 saturated heterocycles. The highest BCUT2D eigenvalue weighted by atomic mass is 16.3. The van der Waals surface area contributed by atoms with Crippen LogP contribution in [0.15, 0.2) is 485 Å². The molecule has 0 spiro atoms. The summed E-state index contributed by atoms with van der Waals surface area (Å²) in [5.74, 6) is 5.67. The Kier molecular flexibility index (Phi) is 20.6. The topological polar surface area (TPSA) is 169 Å². The predicted molar refractivity (Wildman–Crippen MR) is 589 cm³/mol. The van der Waals surface area contributed by atoms with E-state index in [9.17, 15) is 0 Å². The number of hydrogen-bond acceptors (Lipinski definition) is 13. The Hall–Kier alpha value is -19.4. The van der Waals surface area contributed by atoms with E-state index in [1.807, 2.05) is 146 Å². The minimum atomic E-state index is -0.122. The first-order valence-electron chi connectivity index (χ1n) is 48.7. The van der Waals surface area contributed by atoms with Gasteiger partial charge in [0.2, 0.25) is 0 Å². The smallest absolute Gasteiger partial charge is 0.164 e. The average Bonchev–Trinajstić information content (AvgIpc) is 1.57. The van der Waals surface area contributed by atoms with Crippen LogP contribution in [0.5, 0.6) is 0 Å². The van der Waals surface area contributed by atoms with Crippen LogP contribution < -0.4 is 0 Å². The van der Waals surface area contributed by atoms with Gasteiger partial charge >= 0.3 is 0 Å². The van der Waals surface area contributed by atoms with E-state index in [4.69, 9.17) is 62.5 Å². The van der Waals surface area contributed by atoms with E-state index in [0.717, 1.165) is 188 Å². The summed E-state index contributed by atoms with van der Waals surface area (Å²) in [6, 6.07) is 161. The van der Waals surface area contributed by atoms with Gasteiger partial charge in [-0.2, -0.15) is 0 Å². The summed E-state index contributed by atoms with van der Waals surface area (Å²) in [6.45, 7) is 4.60. The first-order chi connectivity index (χ1) is 71.5. The molecule has 0 saturated carbocycles. The van der Waals surface area contributed by atoms with Gasteiger partial charge in [0.25, 0.3) is 0 Å². The van der Waals surface area contributed by atoms with Crippen molar-refractivity contribution in [3.8, 4) is 158 Å². The maximum absolute atomic E-state index is 6.27. The zero-order valence-corrected chi connectivity index (χ0v) is 78.6. The molecule has 28 aromatic rings. The fraction of sp³-hybridized carbons (Fsp3) is 0.0227. The number of aromatic nitrogens is 9. The minimum absolute atomic E-state index is 0.122. The molecule has 1 aliphatic carbocycles. The zero-order chi connectivity index (χ0) is 96.2. The van der Waals surface area contributed by atoms with E-state index >= 15 is 0 Å². The number of hydrogen-bond donors (Lipinski definition) is 0. The lowest BCUT2D eigenvalue weighted by Gasteiger charge is -2.21. The van der Waals surface area contributed by atoms with Gasteiger partial charge in [0.05, 0.1) is 0 Å². The van der Waals surface area contributed by atoms with Crippen LogP contribution in [-0.4, -0.2) is 44.9 Å². The van der Waals surface area contributed by atoms with E-state index < -0.39 is 0 Å². The molecule has 1 aliphatic rings. The second kappa shape index (κ2) is 35.2. The molecule has 0 unspecified atom stereocenters. The molecule has 7 heterocycles. The van der Waals surface area contributed by atoms with Crippen molar-refractivity contribution in [1.82, 2.24) is 44.9 Å². The van der Waals surface area contributed by atoms with Crippen LogP contribution in [0.25, 0.3) is 278 Å². The molecule has 21 aromatic carbocycles. The van der Waals surface area contributed by atoms with Gasteiger partial charge in [0, 0.05) is 104 Å². The summed E-state index contributed by atoms with van der Waals surface area (Å²) >= 11 is 0. The van der Waals surface area contributed by atoms with E-state index in [0.29, 0.717) is 52.4 Å². The van der Waals surface area contributed by atoms with Crippen molar-refractivity contribution in [2.45, 2.75) is 19.3 Å². The molecule has 13 heteroatoms. The second-order valence-electron chi connectivity index (χ2n) is 37.3. The number of rotatable bonds is 13. The molecule has 13 nitrogen and oxygen atoms in total. The molecule has 0 N–H and O–H groups in total. The van der Waals surface area contributed by atoms with Crippen molar-refractivity contribution in [3.05, 3.63) is 478 Å². The van der Waals surface area contributed by atoms with Gasteiger partial charge in [0.1, 0.15) is 44.7 Å². The van der Waals surface area contributed by atoms with E-state index in [1.165, 1.54) is 49.4 Å². The van der Waals surface area contributed by atoms with Crippen molar-refractivity contribution in [1.29, 1.82) is 0 Å². The van der Waals surface area contributed by atoms with Crippen LogP contribution in [-0.2, 0) is 5.41 Å². The first kappa shape index (κ1) is 84.9. The van der Waals surface area contributed by atoms with Crippen molar-refractivity contribution in [2.24, 2.45) is 0 Å². The zero-order valence-electron chi connectivity index (χ0n) is 78.6. The summed E-state index contributed by atoms with van der Waals surface area (Å²) in [5.41, 5.74) is 29.4. The monoisotopic (exact) mass is 1860 g/mol. The Morgan fingerprint density at radius 3 is 1.01 bits per heavy atom. The van der Waals surface area contributed by atoms with Gasteiger partial charge < -0.3 is 17.7 Å². The fourth-order valence-electron chi connectivity index (χ4n) is 21.0. The molecular formula is C132H83N9O4. The van der Waals surface area contributed by atoms with Crippen LogP contribution in [0, 0.1) is 0 Å². The lowest BCUT2D eigenvalue weighted by molar-refractivity contribution is 0.660. The number of furan rings is 4. The van der Waals surface area contributed by atoms with E-state index in [-0.39, 0.29) is 5.41 Å². The maximum Gasteiger partial charge on any atom is 0.164 e. The third-order valence-electron chi connectivity index (χ3n) is 28.2. The third kappa shape index (κ3) is 15.4. The van der Waals surface area contributed by atoms with Crippen molar-refractivity contribution >= 4 is 120 Å². The maximum atomic E-state index is 6.27. The molecule has 0 fully saturated rings. The van der Waals surface area contributed by atoms with E-state index in [2.05, 4.69) is 335 Å². The Labute approximate surface area is 832 Å². The SMILES string of the molecule is CC1(C)c2ccccc2-c2ccc(-c3nc(-c4ccccc4)nc(-c4cccc(-c5ccc6ccc7oc8ccccc8c7c6c5)c4)n3)cc21.c1ccc(-c2ccc(-c3nc(-c4ccccc4)nc(-c4cccc(-c5ccc6c(ccc7oc8ccccc8c76)c5)c4)n3)cc2)cc1.c1ccc(-c2nc(-c3cccc(-c4cccc5ccc6oc7ccccc7c6c45)c3)nc(-c3ccc4c(c3)oc3ccccc34)n2)cc1. The van der Waals surface area contributed by atoms with Crippen LogP contribution in [0.1, 0.15) is 25.0 Å². The number of benzene rings is 21. The lowest BCUT2D eigenvalue weighted by atomic mass is 9.82. The van der Waals surface area contributed by atoms with Gasteiger partial charge in [-0.15, -0.1) is 0 Å². The summed E-state index contributed by atoms with van der Waals surface area (Å²) in [4.78, 5) is 45.2. The summed E-state index contributed by atoms with van der Waals surface area (Å²) in [7, 11) is 0. The summed E-state index contributed by atoms with van der Waals surface area (Å²) in [6.07, 6.45) is 0. The molecular weight excluding hydrogens is 1780 g/mol. The summed E-state index contributed by atoms with van der Waals surface area (Å²) < 4.78 is 24.8. The van der Waals surface area contributed by atoms with Gasteiger partial charge in [-0.25, -0.2) is 44.9 Å². The van der Waals surface area contributed by atoms with Gasteiger partial charge in [-0.1, -0.05) is 390 Å². The molecule has 145 heavy (non-hydrogen) atoms. The first-order valence-corrected chi connectivity index (χ1v) is 48.7. The Morgan fingerprint density at radius 2 is 0.455 bits per heavy atom. The summed E-state index contributed by atoms with van der Waals surface area (Å²) in [5, 5.41) is 16.0. The Balaban J connectivity index is 0.000000108. The van der Waals surface area contributed by atoms with Crippen LogP contribution in [0.3, 0.4) is 0 Å². The van der Waals surface area contributed by atoms with Crippen LogP contribution in [0.2, 0.25) is 0 Å². The standard InChI is InChI=1S/C46H31N3O.C43H25N3O2.C43H27N3O/c1-46(2)38-17-8-6-15-34(38)35-23-21-33(27-39(35)46)45-48-43(29-11-4-3-5-12-29)47-44(49-45)32-14-10-13-30(25-32)31-20-19-28-22-24-41-42(37(28)26-31)36-16-7-9-18-40(36)50-41;1-2-10-27(11-3-1)41-44-42(46-43(45-41)30-20-22-33-32-15-4-6-18-35(32)48-38(33)25-30)29-14-8-13-28(24-29)31-17-9-12-26-21-23-37-40(39(26)31)34-16-5-7-19-36(34)47-37;1-3-10-28(11-4-1)29-18-20-31(21-19-29)42-44-41(30-12-5-2-6-13-30)45-43(46-42)35-15-9-14-32(27-35)33-22-24-36-34(26-33)23-25-39-40(36)37-16-7-8-17-38(37)47-39/h3-27H,1-2H3;1-25H;1-27H. The van der Waals surface area contributed by atoms with Gasteiger partial charge in [0.15, 0.2) is 52.4 Å². The van der Waals surface area contributed by atoms with Crippen molar-refractivity contribution < 1.29 is 17.7 Å². The van der Waals surface area contributed by atoms with Crippen LogP contribution >= 0.6 is 0 Å². The molecule has 7 aromatic heterocycles. The normalized spacial score (nSPS) is 12.1. The molecule has 0 radical (unpaired) electrons. The molecule has 0 bridgehead atoms. The Morgan fingerprint density at radius 1 is 0.145 bits per heavy atom. The highest BCUT2D eigenvalue weighted by Gasteiger charge is 2.36. The lowest BCUT2D eigenvalue weighted by Crippen LogP contribution is -2.15. The van der Waals surface area contributed by atoms with Gasteiger partial charge in [-0.05, 0) is 185 Å². The molecule has 0 atom stereocenters. The largest absolute Gasteiger partial charge is 0.456 e. The number of para-hydroxylation sites is 4. The quantitative estimate of drug-likeness (QED) is 0.107. The van der Waals surface area contributed by atoms with Crippen molar-refractivity contribution in [3.63, 3.8) is 0 Å². The highest BCUT2D eigenvalue weighted by Crippen LogP contribution is 2.51. The second-order valence-corrected chi connectivity index (χ2v) is 37.3. The highest BCUT2D eigenvalue weighted by molar-refractivity contribution is 6.24. The molecule has 0 amide bonds. The fourth-order valence-corrected chi connectivity index (χ4v) is 21.0. The number of fused-ring (bicyclic) bond motifs is 21. The van der Waals surface area contributed by atoms with E-state index in [1.54, 1.807) is 0 Å². The van der Waals surface area contributed by atoms with Crippen molar-refractivity contribution in [2.75, 3.05) is 0 Å².